The Labute approximate surface area is 111 Å². The van der Waals surface area contributed by atoms with Gasteiger partial charge >= 0.3 is 0 Å². The molecule has 0 atom stereocenters. The quantitative estimate of drug-likeness (QED) is 0.778. The predicted molar refractivity (Wildman–Crippen MR) is 68.1 cm³/mol. The molecular weight excluding hydrogens is 242 g/mol. The van der Waals surface area contributed by atoms with Crippen LogP contribution >= 0.6 is 0 Å². The lowest BCUT2D eigenvalue weighted by molar-refractivity contribution is -0.131. The number of fused-ring (bicyclic) bond motifs is 1. The van der Waals surface area contributed by atoms with Crippen molar-refractivity contribution in [2.75, 3.05) is 6.54 Å². The molecular formula is C13H15N5O. The van der Waals surface area contributed by atoms with E-state index in [1.54, 1.807) is 7.05 Å². The highest BCUT2D eigenvalue weighted by molar-refractivity contribution is 5.78. The summed E-state index contributed by atoms with van der Waals surface area (Å²) in [6.07, 6.45) is 1.17. The van der Waals surface area contributed by atoms with Crippen molar-refractivity contribution in [3.05, 3.63) is 41.2 Å². The standard InChI is InChI=1S/C13H15N5O/c1-17-12(14-15-16-17)8-13(19)18-7-6-10-4-2-3-5-11(10)9-18/h2-5H,6-9H2,1H3. The molecule has 0 spiro atoms. The lowest BCUT2D eigenvalue weighted by Gasteiger charge is -2.28. The molecule has 1 aliphatic heterocycles. The minimum Gasteiger partial charge on any atom is -0.338 e. The van der Waals surface area contributed by atoms with E-state index < -0.39 is 0 Å². The van der Waals surface area contributed by atoms with Crippen LogP contribution in [0.5, 0.6) is 0 Å². The van der Waals surface area contributed by atoms with Crippen LogP contribution in [0.4, 0.5) is 0 Å². The number of nitrogens with zero attached hydrogens (tertiary/aromatic N) is 5. The van der Waals surface area contributed by atoms with Gasteiger partial charge in [-0.1, -0.05) is 24.3 Å². The number of hydrogen-bond donors (Lipinski definition) is 0. The van der Waals surface area contributed by atoms with E-state index in [-0.39, 0.29) is 12.3 Å². The van der Waals surface area contributed by atoms with Gasteiger partial charge in [-0.25, -0.2) is 4.68 Å². The monoisotopic (exact) mass is 257 g/mol. The maximum atomic E-state index is 12.2. The highest BCUT2D eigenvalue weighted by Crippen LogP contribution is 2.18. The molecule has 19 heavy (non-hydrogen) atoms. The summed E-state index contributed by atoms with van der Waals surface area (Å²) in [5, 5.41) is 11.1. The van der Waals surface area contributed by atoms with E-state index in [1.165, 1.54) is 15.8 Å². The van der Waals surface area contributed by atoms with Gasteiger partial charge in [0.2, 0.25) is 5.91 Å². The lowest BCUT2D eigenvalue weighted by atomic mass is 10.00. The van der Waals surface area contributed by atoms with Crippen LogP contribution in [0.2, 0.25) is 0 Å². The van der Waals surface area contributed by atoms with E-state index in [2.05, 4.69) is 27.7 Å². The van der Waals surface area contributed by atoms with Crippen LogP contribution in [0.15, 0.2) is 24.3 Å². The maximum Gasteiger partial charge on any atom is 0.230 e. The van der Waals surface area contributed by atoms with Crippen molar-refractivity contribution in [1.29, 1.82) is 0 Å². The topological polar surface area (TPSA) is 63.9 Å². The Balaban J connectivity index is 1.71. The maximum absolute atomic E-state index is 12.2. The summed E-state index contributed by atoms with van der Waals surface area (Å²) in [6.45, 7) is 1.45. The molecule has 6 nitrogen and oxygen atoms in total. The second-order valence-corrected chi connectivity index (χ2v) is 4.73. The van der Waals surface area contributed by atoms with Crippen LogP contribution in [0.3, 0.4) is 0 Å². The third kappa shape index (κ3) is 2.33. The zero-order chi connectivity index (χ0) is 13.2. The average molecular weight is 257 g/mol. The molecule has 2 aromatic rings. The molecule has 1 aromatic heterocycles. The van der Waals surface area contributed by atoms with Crippen molar-refractivity contribution in [3.8, 4) is 0 Å². The van der Waals surface area contributed by atoms with E-state index in [4.69, 9.17) is 0 Å². The fourth-order valence-electron chi connectivity index (χ4n) is 2.35. The van der Waals surface area contributed by atoms with Crippen molar-refractivity contribution in [1.82, 2.24) is 25.1 Å². The molecule has 98 valence electrons. The summed E-state index contributed by atoms with van der Waals surface area (Å²) in [6, 6.07) is 8.27. The van der Waals surface area contributed by atoms with Gasteiger partial charge in [-0.05, 0) is 28.0 Å². The van der Waals surface area contributed by atoms with Gasteiger partial charge in [0.05, 0.1) is 6.42 Å². The lowest BCUT2D eigenvalue weighted by Crippen LogP contribution is -2.37. The summed E-state index contributed by atoms with van der Waals surface area (Å²) >= 11 is 0. The number of aryl methyl sites for hydroxylation is 1. The number of aromatic nitrogens is 4. The summed E-state index contributed by atoms with van der Waals surface area (Å²) < 4.78 is 1.54. The van der Waals surface area contributed by atoms with Gasteiger partial charge in [-0.3, -0.25) is 4.79 Å². The second-order valence-electron chi connectivity index (χ2n) is 4.73. The molecule has 0 saturated heterocycles. The molecule has 0 fully saturated rings. The number of carbonyl (C=O) groups excluding carboxylic acids is 1. The number of carbonyl (C=O) groups is 1. The van der Waals surface area contributed by atoms with Crippen LogP contribution in [-0.4, -0.2) is 37.6 Å². The van der Waals surface area contributed by atoms with E-state index in [0.29, 0.717) is 12.4 Å². The van der Waals surface area contributed by atoms with Crippen molar-refractivity contribution in [2.24, 2.45) is 7.05 Å². The van der Waals surface area contributed by atoms with Gasteiger partial charge < -0.3 is 4.90 Å². The Hall–Kier alpha value is -2.24. The number of benzene rings is 1. The van der Waals surface area contributed by atoms with Crippen LogP contribution in [0, 0.1) is 0 Å². The normalized spacial score (nSPS) is 14.3. The Kier molecular flexibility index (Phi) is 2.98. The van der Waals surface area contributed by atoms with Gasteiger partial charge in [0.15, 0.2) is 5.82 Å². The molecule has 0 aliphatic carbocycles. The highest BCUT2D eigenvalue weighted by Gasteiger charge is 2.21. The summed E-state index contributed by atoms with van der Waals surface area (Å²) in [5.41, 5.74) is 2.57. The SMILES string of the molecule is Cn1nnnc1CC(=O)N1CCc2ccccc2C1. The third-order valence-electron chi connectivity index (χ3n) is 3.50. The smallest absolute Gasteiger partial charge is 0.230 e. The molecule has 1 aliphatic rings. The molecule has 0 radical (unpaired) electrons. The molecule has 0 bridgehead atoms. The first kappa shape index (κ1) is 11.8. The zero-order valence-electron chi connectivity index (χ0n) is 10.8. The highest BCUT2D eigenvalue weighted by atomic mass is 16.2. The summed E-state index contributed by atoms with van der Waals surface area (Å²) in [7, 11) is 1.74. The van der Waals surface area contributed by atoms with Gasteiger partial charge in [0.25, 0.3) is 0 Å². The Morgan fingerprint density at radius 2 is 2.11 bits per heavy atom. The molecule has 0 saturated carbocycles. The number of hydrogen-bond acceptors (Lipinski definition) is 4. The minimum atomic E-state index is 0.0763. The van der Waals surface area contributed by atoms with Gasteiger partial charge in [0.1, 0.15) is 0 Å². The Bertz CT molecular complexity index is 607. The van der Waals surface area contributed by atoms with Crippen LogP contribution in [-0.2, 0) is 31.2 Å². The van der Waals surface area contributed by atoms with Gasteiger partial charge in [0, 0.05) is 20.1 Å². The van der Waals surface area contributed by atoms with Crippen LogP contribution < -0.4 is 0 Å². The van der Waals surface area contributed by atoms with E-state index in [1.807, 2.05) is 17.0 Å². The molecule has 1 amide bonds. The second kappa shape index (κ2) is 4.79. The predicted octanol–water partition coefficient (Wildman–Crippen LogP) is 0.337. The third-order valence-corrected chi connectivity index (χ3v) is 3.50. The molecule has 0 unspecified atom stereocenters. The van der Waals surface area contributed by atoms with Crippen molar-refractivity contribution in [3.63, 3.8) is 0 Å². The van der Waals surface area contributed by atoms with Crippen molar-refractivity contribution < 1.29 is 4.79 Å². The van der Waals surface area contributed by atoms with Gasteiger partial charge in [-0.2, -0.15) is 0 Å². The number of rotatable bonds is 2. The fraction of sp³-hybridized carbons (Fsp3) is 0.385. The fourth-order valence-corrected chi connectivity index (χ4v) is 2.35. The molecule has 6 heteroatoms. The number of tetrazole rings is 1. The van der Waals surface area contributed by atoms with E-state index >= 15 is 0 Å². The van der Waals surface area contributed by atoms with Crippen molar-refractivity contribution >= 4 is 5.91 Å². The van der Waals surface area contributed by atoms with E-state index in [9.17, 15) is 4.79 Å². The van der Waals surface area contributed by atoms with E-state index in [0.717, 1.165) is 13.0 Å². The largest absolute Gasteiger partial charge is 0.338 e. The minimum absolute atomic E-state index is 0.0763. The average Bonchev–Trinajstić information content (AvgIpc) is 2.84. The van der Waals surface area contributed by atoms with Gasteiger partial charge in [-0.15, -0.1) is 5.10 Å². The molecule has 0 N–H and O–H groups in total. The van der Waals surface area contributed by atoms with Crippen LogP contribution in [0.25, 0.3) is 0 Å². The zero-order valence-corrected chi connectivity index (χ0v) is 10.8. The number of amides is 1. The summed E-state index contributed by atoms with van der Waals surface area (Å²) in [5.74, 6) is 0.677. The van der Waals surface area contributed by atoms with Crippen molar-refractivity contribution in [2.45, 2.75) is 19.4 Å². The van der Waals surface area contributed by atoms with Crippen LogP contribution in [0.1, 0.15) is 17.0 Å². The first-order chi connectivity index (χ1) is 9.24. The Morgan fingerprint density at radius 1 is 1.32 bits per heavy atom. The molecule has 2 heterocycles. The first-order valence-electron chi connectivity index (χ1n) is 6.30. The Morgan fingerprint density at radius 3 is 2.84 bits per heavy atom. The molecule has 3 rings (SSSR count). The first-order valence-corrected chi connectivity index (χ1v) is 6.30. The summed E-state index contributed by atoms with van der Waals surface area (Å²) in [4.78, 5) is 14.1. The molecule has 1 aromatic carbocycles.